The van der Waals surface area contributed by atoms with Gasteiger partial charge in [0, 0.05) is 40.5 Å². The van der Waals surface area contributed by atoms with Crippen LogP contribution in [0.5, 0.6) is 5.75 Å². The fourth-order valence-corrected chi connectivity index (χ4v) is 5.12. The molecule has 0 unspecified atom stereocenters. The molecule has 0 aliphatic heterocycles. The number of carbonyl (C=O) groups excluding carboxylic acids is 1. The molecule has 0 fully saturated rings. The second-order valence-corrected chi connectivity index (χ2v) is 12.0. The number of sulfone groups is 1. The van der Waals surface area contributed by atoms with E-state index in [1.165, 1.54) is 12.3 Å². The molecule has 5 aromatic rings. The van der Waals surface area contributed by atoms with E-state index >= 15 is 0 Å². The molecule has 1 heterocycles. The maximum Gasteiger partial charge on any atom is 0.185 e. The smallest absolute Gasteiger partial charge is 0.185 e. The summed E-state index contributed by atoms with van der Waals surface area (Å²) in [5.41, 5.74) is 5.00. The van der Waals surface area contributed by atoms with Gasteiger partial charge in [0.1, 0.15) is 5.75 Å². The van der Waals surface area contributed by atoms with Gasteiger partial charge in [-0.3, -0.25) is 4.79 Å². The highest BCUT2D eigenvalue weighted by atomic mass is 32.2. The van der Waals surface area contributed by atoms with Gasteiger partial charge >= 0.3 is 0 Å². The molecular weight excluding hydrogens is 581 g/mol. The minimum absolute atomic E-state index is 0.178. The first-order valence-electron chi connectivity index (χ1n) is 13.2. The van der Waals surface area contributed by atoms with Gasteiger partial charge in [-0.05, 0) is 109 Å². The maximum absolute atomic E-state index is 13.1. The predicted octanol–water partition coefficient (Wildman–Crippen LogP) is 6.66. The average Bonchev–Trinajstić information content (AvgIpc) is 3.44. The Kier molecular flexibility index (Phi) is 8.79. The topological polar surface area (TPSA) is 102 Å². The Balaban J connectivity index is 1.36. The number of ketones is 1. The van der Waals surface area contributed by atoms with Gasteiger partial charge in [-0.15, -0.1) is 0 Å². The number of ether oxygens (including phenoxy) is 1. The van der Waals surface area contributed by atoms with Crippen molar-refractivity contribution in [2.24, 2.45) is 0 Å². The van der Waals surface area contributed by atoms with Crippen LogP contribution in [0, 0.1) is 0 Å². The van der Waals surface area contributed by atoms with E-state index in [0.29, 0.717) is 33.4 Å². The Morgan fingerprint density at radius 3 is 2.09 bits per heavy atom. The van der Waals surface area contributed by atoms with Crippen LogP contribution in [0.1, 0.15) is 15.9 Å². The first-order chi connectivity index (χ1) is 20.7. The zero-order valence-corrected chi connectivity index (χ0v) is 25.0. The molecule has 2 N–H and O–H groups in total. The Bertz CT molecular complexity index is 1880. The fraction of sp³-hybridized carbons (Fsp3) is 0.0606. The third kappa shape index (κ3) is 7.42. The highest BCUT2D eigenvalue weighted by Crippen LogP contribution is 2.27. The monoisotopic (exact) mass is 608 g/mol. The minimum atomic E-state index is -3.32. The largest absolute Gasteiger partial charge is 0.497 e. The summed E-state index contributed by atoms with van der Waals surface area (Å²) in [6.07, 6.45) is 6.19. The van der Waals surface area contributed by atoms with Crippen molar-refractivity contribution in [2.45, 2.75) is 4.90 Å². The molecule has 0 saturated carbocycles. The SMILES string of the molecule is COc1ccc(-c2nn(-c3ccc(S(C)(=O)=O)cc3)cc2/C=C/C(=O)c2ccc(NC(=S)Nc3ccccc3)cc2)cc1. The number of aromatic nitrogens is 2. The Morgan fingerprint density at radius 2 is 1.49 bits per heavy atom. The highest BCUT2D eigenvalue weighted by Gasteiger charge is 2.13. The molecule has 5 rings (SSSR count). The fourth-order valence-electron chi connectivity index (χ4n) is 4.26. The summed E-state index contributed by atoms with van der Waals surface area (Å²) >= 11 is 5.38. The van der Waals surface area contributed by atoms with Crippen LogP contribution in [-0.4, -0.2) is 42.5 Å². The lowest BCUT2D eigenvalue weighted by molar-refractivity contribution is 0.104. The number of hydrogen-bond acceptors (Lipinski definition) is 6. The summed E-state index contributed by atoms with van der Waals surface area (Å²) in [5.74, 6) is 0.531. The summed E-state index contributed by atoms with van der Waals surface area (Å²) < 4.78 is 30.7. The molecule has 0 bridgehead atoms. The van der Waals surface area contributed by atoms with Gasteiger partial charge in [0.25, 0.3) is 0 Å². The molecule has 1 aromatic heterocycles. The number of para-hydroxylation sites is 1. The van der Waals surface area contributed by atoms with Crippen molar-refractivity contribution in [2.75, 3.05) is 24.0 Å². The number of allylic oxidation sites excluding steroid dienone is 1. The number of thiocarbonyl (C=S) groups is 1. The van der Waals surface area contributed by atoms with Crippen molar-refractivity contribution in [3.05, 3.63) is 127 Å². The number of nitrogens with zero attached hydrogens (tertiary/aromatic N) is 2. The zero-order chi connectivity index (χ0) is 30.4. The summed E-state index contributed by atoms with van der Waals surface area (Å²) in [6.45, 7) is 0. The standard InChI is InChI=1S/C33H28N4O4S2/c1-41-29-17-10-24(11-18-29)32-25(22-37(36-32)28-15-19-30(20-16-28)43(2,39)40)12-21-31(38)23-8-13-27(14-9-23)35-33(42)34-26-6-4-3-5-7-26/h3-22H,1-2H3,(H2,34,35,42)/b21-12+. The molecule has 10 heteroatoms. The quantitative estimate of drug-likeness (QED) is 0.109. The molecule has 0 spiro atoms. The van der Waals surface area contributed by atoms with Crippen molar-refractivity contribution >= 4 is 50.4 Å². The van der Waals surface area contributed by atoms with Crippen LogP contribution in [0.2, 0.25) is 0 Å². The Hall–Kier alpha value is -5.06. The third-order valence-electron chi connectivity index (χ3n) is 6.51. The van der Waals surface area contributed by atoms with E-state index in [4.69, 9.17) is 22.1 Å². The maximum atomic E-state index is 13.1. The van der Waals surface area contributed by atoms with E-state index in [-0.39, 0.29) is 10.7 Å². The minimum Gasteiger partial charge on any atom is -0.497 e. The number of hydrogen-bond donors (Lipinski definition) is 2. The first kappa shape index (κ1) is 29.4. The number of anilines is 2. The zero-order valence-electron chi connectivity index (χ0n) is 23.4. The van der Waals surface area contributed by atoms with Gasteiger partial charge in [0.2, 0.25) is 0 Å². The van der Waals surface area contributed by atoms with Gasteiger partial charge < -0.3 is 15.4 Å². The molecule has 8 nitrogen and oxygen atoms in total. The molecule has 0 aliphatic rings. The van der Waals surface area contributed by atoms with Crippen molar-refractivity contribution in [1.29, 1.82) is 0 Å². The van der Waals surface area contributed by atoms with Crippen molar-refractivity contribution in [1.82, 2.24) is 9.78 Å². The van der Waals surface area contributed by atoms with Crippen LogP contribution < -0.4 is 15.4 Å². The van der Waals surface area contributed by atoms with E-state index < -0.39 is 9.84 Å². The summed E-state index contributed by atoms with van der Waals surface area (Å²) in [6, 6.07) is 30.6. The second-order valence-electron chi connectivity index (χ2n) is 9.59. The highest BCUT2D eigenvalue weighted by molar-refractivity contribution is 7.90. The lowest BCUT2D eigenvalue weighted by Crippen LogP contribution is -2.18. The molecule has 0 saturated heterocycles. The Morgan fingerprint density at radius 1 is 0.860 bits per heavy atom. The van der Waals surface area contributed by atoms with E-state index in [1.807, 2.05) is 54.6 Å². The summed E-state index contributed by atoms with van der Waals surface area (Å²) in [4.78, 5) is 13.3. The van der Waals surface area contributed by atoms with Gasteiger partial charge in [0.05, 0.1) is 23.4 Å². The molecule has 216 valence electrons. The van der Waals surface area contributed by atoms with E-state index in [2.05, 4.69) is 10.6 Å². The van der Waals surface area contributed by atoms with E-state index in [9.17, 15) is 13.2 Å². The van der Waals surface area contributed by atoms with Gasteiger partial charge in [-0.1, -0.05) is 18.2 Å². The number of nitrogens with one attached hydrogen (secondary N) is 2. The molecule has 0 amide bonds. The molecule has 43 heavy (non-hydrogen) atoms. The van der Waals surface area contributed by atoms with E-state index in [1.54, 1.807) is 72.6 Å². The number of rotatable bonds is 9. The van der Waals surface area contributed by atoms with Crippen LogP contribution in [0.25, 0.3) is 23.0 Å². The van der Waals surface area contributed by atoms with Gasteiger partial charge in [-0.25, -0.2) is 13.1 Å². The number of carbonyl (C=O) groups is 1. The van der Waals surface area contributed by atoms with Crippen LogP contribution in [0.15, 0.2) is 120 Å². The van der Waals surface area contributed by atoms with Gasteiger partial charge in [0.15, 0.2) is 20.7 Å². The summed E-state index contributed by atoms with van der Waals surface area (Å²) in [5, 5.41) is 11.4. The normalized spacial score (nSPS) is 11.3. The number of benzene rings is 4. The molecule has 4 aromatic carbocycles. The van der Waals surface area contributed by atoms with Crippen LogP contribution in [0.3, 0.4) is 0 Å². The number of methoxy groups -OCH3 is 1. The van der Waals surface area contributed by atoms with Crippen molar-refractivity contribution < 1.29 is 17.9 Å². The van der Waals surface area contributed by atoms with E-state index in [0.717, 1.165) is 16.9 Å². The Labute approximate surface area is 255 Å². The van der Waals surface area contributed by atoms with Crippen LogP contribution >= 0.6 is 12.2 Å². The predicted molar refractivity (Wildman–Crippen MR) is 175 cm³/mol. The second kappa shape index (κ2) is 12.8. The van der Waals surface area contributed by atoms with Crippen molar-refractivity contribution in [3.63, 3.8) is 0 Å². The first-order valence-corrected chi connectivity index (χ1v) is 15.5. The van der Waals surface area contributed by atoms with Gasteiger partial charge in [-0.2, -0.15) is 5.10 Å². The van der Waals surface area contributed by atoms with Crippen LogP contribution in [-0.2, 0) is 9.84 Å². The molecular formula is C33H28N4O4S2. The van der Waals surface area contributed by atoms with Crippen LogP contribution in [0.4, 0.5) is 11.4 Å². The lowest BCUT2D eigenvalue weighted by atomic mass is 10.1. The van der Waals surface area contributed by atoms with Crippen molar-refractivity contribution in [3.8, 4) is 22.7 Å². The molecule has 0 aliphatic carbocycles. The molecule has 0 atom stereocenters. The lowest BCUT2D eigenvalue weighted by Gasteiger charge is -2.10. The average molecular weight is 609 g/mol. The molecule has 0 radical (unpaired) electrons. The summed E-state index contributed by atoms with van der Waals surface area (Å²) in [7, 11) is -1.73. The third-order valence-corrected chi connectivity index (χ3v) is 7.84.